The average molecular weight is 485 g/mol. The van der Waals surface area contributed by atoms with Crippen molar-refractivity contribution in [1.29, 1.82) is 0 Å². The lowest BCUT2D eigenvalue weighted by atomic mass is 9.81. The van der Waals surface area contributed by atoms with Gasteiger partial charge in [-0.05, 0) is 17.2 Å². The number of benzene rings is 5. The molecule has 5 aromatic carbocycles. The quantitative estimate of drug-likeness (QED) is 0.198. The summed E-state index contributed by atoms with van der Waals surface area (Å²) < 4.78 is 0. The van der Waals surface area contributed by atoms with Gasteiger partial charge in [0.2, 0.25) is 0 Å². The van der Waals surface area contributed by atoms with Crippen LogP contribution in [0.3, 0.4) is 0 Å². The maximum Gasteiger partial charge on any atom is 0.196 e. The van der Waals surface area contributed by atoms with Crippen LogP contribution in [-0.2, 0) is 0 Å². The van der Waals surface area contributed by atoms with E-state index in [1.807, 2.05) is 60.7 Å². The van der Waals surface area contributed by atoms with Crippen LogP contribution in [-0.4, -0.2) is 21.8 Å². The third-order valence-electron chi connectivity index (χ3n) is 6.42. The molecule has 0 amide bonds. The zero-order chi connectivity index (χ0) is 25.8. The van der Waals surface area contributed by atoms with E-state index in [1.54, 1.807) is 60.7 Å². The standard InChI is InChI=1S/C33H24O4/c34-30(24-17-9-3-10-18-24)26-21-27(31(35)25-19-11-4-12-20-25)33(37)29(32(26)36)28(22-13-5-1-6-14-22)23-15-7-2-8-16-23/h1-21,28,36-37H. The molecule has 4 nitrogen and oxygen atoms in total. The summed E-state index contributed by atoms with van der Waals surface area (Å²) in [5.41, 5.74) is 2.33. The van der Waals surface area contributed by atoms with E-state index in [4.69, 9.17) is 0 Å². The molecule has 0 saturated carbocycles. The van der Waals surface area contributed by atoms with Crippen LogP contribution in [0.1, 0.15) is 54.5 Å². The lowest BCUT2D eigenvalue weighted by Gasteiger charge is -2.24. The number of aromatic hydroxyl groups is 2. The molecule has 0 unspecified atom stereocenters. The van der Waals surface area contributed by atoms with Crippen LogP contribution >= 0.6 is 0 Å². The number of rotatable bonds is 7. The Labute approximate surface area is 215 Å². The van der Waals surface area contributed by atoms with E-state index >= 15 is 0 Å². The van der Waals surface area contributed by atoms with Gasteiger partial charge in [-0.2, -0.15) is 0 Å². The normalized spacial score (nSPS) is 10.8. The zero-order valence-electron chi connectivity index (χ0n) is 19.9. The summed E-state index contributed by atoms with van der Waals surface area (Å²) in [6.07, 6.45) is 0. The molecule has 0 spiro atoms. The highest BCUT2D eigenvalue weighted by Gasteiger charge is 2.31. The second-order valence-electron chi connectivity index (χ2n) is 8.73. The Kier molecular flexibility index (Phi) is 6.64. The molecule has 0 bridgehead atoms. The Bertz CT molecular complexity index is 1430. The van der Waals surface area contributed by atoms with Crippen LogP contribution < -0.4 is 0 Å². The smallest absolute Gasteiger partial charge is 0.196 e. The Morgan fingerprint density at radius 3 is 1.16 bits per heavy atom. The molecule has 5 rings (SSSR count). The molecule has 0 atom stereocenters. The van der Waals surface area contributed by atoms with Crippen LogP contribution in [0.25, 0.3) is 0 Å². The highest BCUT2D eigenvalue weighted by Crippen LogP contribution is 2.46. The van der Waals surface area contributed by atoms with Crippen molar-refractivity contribution in [1.82, 2.24) is 0 Å². The second kappa shape index (κ2) is 10.3. The number of phenolic OH excluding ortho intramolecular Hbond substituents is 2. The first kappa shape index (κ1) is 23.8. The van der Waals surface area contributed by atoms with Crippen LogP contribution in [0.5, 0.6) is 11.5 Å². The lowest BCUT2D eigenvalue weighted by Crippen LogP contribution is -2.12. The van der Waals surface area contributed by atoms with Crippen molar-refractivity contribution in [2.24, 2.45) is 0 Å². The molecule has 0 heterocycles. The third-order valence-corrected chi connectivity index (χ3v) is 6.42. The third kappa shape index (κ3) is 4.65. The van der Waals surface area contributed by atoms with Crippen molar-refractivity contribution in [2.45, 2.75) is 5.92 Å². The predicted molar refractivity (Wildman–Crippen MR) is 143 cm³/mol. The fourth-order valence-corrected chi connectivity index (χ4v) is 4.61. The van der Waals surface area contributed by atoms with Gasteiger partial charge < -0.3 is 10.2 Å². The van der Waals surface area contributed by atoms with Crippen molar-refractivity contribution in [2.75, 3.05) is 0 Å². The van der Waals surface area contributed by atoms with Crippen molar-refractivity contribution in [3.8, 4) is 11.5 Å². The van der Waals surface area contributed by atoms with Gasteiger partial charge in [0.15, 0.2) is 11.6 Å². The van der Waals surface area contributed by atoms with E-state index in [1.165, 1.54) is 6.07 Å². The van der Waals surface area contributed by atoms with E-state index < -0.39 is 17.5 Å². The molecular formula is C33H24O4. The molecule has 2 N–H and O–H groups in total. The minimum atomic E-state index is -0.631. The summed E-state index contributed by atoms with van der Waals surface area (Å²) in [4.78, 5) is 27.2. The summed E-state index contributed by atoms with van der Waals surface area (Å²) in [6, 6.07) is 37.2. The summed E-state index contributed by atoms with van der Waals surface area (Å²) in [6.45, 7) is 0. The summed E-state index contributed by atoms with van der Waals surface area (Å²) >= 11 is 0. The van der Waals surface area contributed by atoms with Gasteiger partial charge in [-0.25, -0.2) is 0 Å². The van der Waals surface area contributed by atoms with Gasteiger partial charge in [0.1, 0.15) is 11.5 Å². The summed E-state index contributed by atoms with van der Waals surface area (Å²) in [7, 11) is 0. The van der Waals surface area contributed by atoms with Gasteiger partial charge in [0.05, 0.1) is 11.1 Å². The van der Waals surface area contributed by atoms with Crippen LogP contribution in [0.15, 0.2) is 127 Å². The first-order chi connectivity index (χ1) is 18.1. The summed E-state index contributed by atoms with van der Waals surface area (Å²) in [5.74, 6) is -2.22. The number of hydrogen-bond acceptors (Lipinski definition) is 4. The van der Waals surface area contributed by atoms with Gasteiger partial charge in [0, 0.05) is 22.6 Å². The van der Waals surface area contributed by atoms with E-state index in [0.29, 0.717) is 11.1 Å². The molecule has 0 aliphatic carbocycles. The zero-order valence-corrected chi connectivity index (χ0v) is 19.9. The van der Waals surface area contributed by atoms with Crippen LogP contribution in [0.4, 0.5) is 0 Å². The van der Waals surface area contributed by atoms with Crippen molar-refractivity contribution >= 4 is 11.6 Å². The Hall–Kier alpha value is -4.96. The SMILES string of the molecule is O=C(c1ccccc1)c1cc(C(=O)c2ccccc2)c(O)c(C(c2ccccc2)c2ccccc2)c1O. The van der Waals surface area contributed by atoms with Gasteiger partial charge >= 0.3 is 0 Å². The van der Waals surface area contributed by atoms with E-state index in [-0.39, 0.29) is 28.2 Å². The summed E-state index contributed by atoms with van der Waals surface area (Å²) in [5, 5.41) is 23.2. The number of carbonyl (C=O) groups is 2. The molecule has 0 aliphatic rings. The maximum atomic E-state index is 13.6. The molecule has 0 fully saturated rings. The predicted octanol–water partition coefficient (Wildman–Crippen LogP) is 6.74. The van der Waals surface area contributed by atoms with Gasteiger partial charge in [0.25, 0.3) is 0 Å². The number of ketones is 2. The van der Waals surface area contributed by atoms with Crippen LogP contribution in [0.2, 0.25) is 0 Å². The minimum absolute atomic E-state index is 0.0462. The fraction of sp³-hybridized carbons (Fsp3) is 0.0303. The van der Waals surface area contributed by atoms with Crippen molar-refractivity contribution < 1.29 is 19.8 Å². The van der Waals surface area contributed by atoms with Crippen LogP contribution in [0, 0.1) is 0 Å². The highest BCUT2D eigenvalue weighted by atomic mass is 16.3. The first-order valence-corrected chi connectivity index (χ1v) is 11.9. The monoisotopic (exact) mass is 484 g/mol. The van der Waals surface area contributed by atoms with E-state index in [2.05, 4.69) is 0 Å². The maximum absolute atomic E-state index is 13.6. The molecule has 37 heavy (non-hydrogen) atoms. The molecule has 0 saturated heterocycles. The molecule has 0 radical (unpaired) electrons. The number of hydrogen-bond donors (Lipinski definition) is 2. The second-order valence-corrected chi connectivity index (χ2v) is 8.73. The molecule has 0 aliphatic heterocycles. The molecule has 0 aromatic heterocycles. The molecular weight excluding hydrogens is 460 g/mol. The molecule has 180 valence electrons. The molecule has 4 heteroatoms. The Morgan fingerprint density at radius 1 is 0.486 bits per heavy atom. The fourth-order valence-electron chi connectivity index (χ4n) is 4.61. The number of carbonyl (C=O) groups excluding carboxylic acids is 2. The van der Waals surface area contributed by atoms with Gasteiger partial charge in [-0.3, -0.25) is 9.59 Å². The molecule has 5 aromatic rings. The highest BCUT2D eigenvalue weighted by molar-refractivity contribution is 6.16. The largest absolute Gasteiger partial charge is 0.507 e. The van der Waals surface area contributed by atoms with E-state index in [9.17, 15) is 19.8 Å². The van der Waals surface area contributed by atoms with Crippen molar-refractivity contribution in [3.05, 3.63) is 166 Å². The first-order valence-electron chi connectivity index (χ1n) is 11.9. The topological polar surface area (TPSA) is 74.6 Å². The Morgan fingerprint density at radius 2 is 0.811 bits per heavy atom. The van der Waals surface area contributed by atoms with E-state index in [0.717, 1.165) is 11.1 Å². The van der Waals surface area contributed by atoms with Gasteiger partial charge in [-0.1, -0.05) is 121 Å². The van der Waals surface area contributed by atoms with Crippen molar-refractivity contribution in [3.63, 3.8) is 0 Å². The van der Waals surface area contributed by atoms with Gasteiger partial charge in [-0.15, -0.1) is 0 Å². The lowest BCUT2D eigenvalue weighted by molar-refractivity contribution is 0.103. The Balaban J connectivity index is 1.81. The minimum Gasteiger partial charge on any atom is -0.507 e. The average Bonchev–Trinajstić information content (AvgIpc) is 2.96. The number of phenols is 2.